The lowest BCUT2D eigenvalue weighted by atomic mass is 10.1. The van der Waals surface area contributed by atoms with Crippen molar-refractivity contribution in [3.05, 3.63) is 54.6 Å². The summed E-state index contributed by atoms with van der Waals surface area (Å²) in [6.07, 6.45) is 5.34. The first-order valence-electron chi connectivity index (χ1n) is 8.86. The molecule has 2 aromatic heterocycles. The van der Waals surface area contributed by atoms with Gasteiger partial charge in [-0.2, -0.15) is 4.98 Å². The summed E-state index contributed by atoms with van der Waals surface area (Å²) >= 11 is 0. The maximum Gasteiger partial charge on any atom is 0.297 e. The lowest BCUT2D eigenvalue weighted by molar-refractivity contribution is 0.101. The zero-order chi connectivity index (χ0) is 18.6. The highest BCUT2D eigenvalue weighted by atomic mass is 16.5. The Morgan fingerprint density at radius 1 is 1.26 bits per heavy atom. The van der Waals surface area contributed by atoms with Gasteiger partial charge in [0.25, 0.3) is 17.6 Å². The summed E-state index contributed by atoms with van der Waals surface area (Å²) in [5.74, 6) is -0.176. The normalized spacial score (nSPS) is 16.9. The Bertz CT molecular complexity index is 927. The first kappa shape index (κ1) is 17.2. The van der Waals surface area contributed by atoms with Gasteiger partial charge in [-0.25, -0.2) is 0 Å². The van der Waals surface area contributed by atoms with Gasteiger partial charge in [0.05, 0.1) is 17.6 Å². The third kappa shape index (κ3) is 3.80. The highest BCUT2D eigenvalue weighted by Crippen LogP contribution is 2.27. The van der Waals surface area contributed by atoms with E-state index in [1.165, 1.54) is 0 Å². The van der Waals surface area contributed by atoms with Crippen molar-refractivity contribution >= 4 is 17.3 Å². The van der Waals surface area contributed by atoms with Crippen LogP contribution in [0.2, 0.25) is 0 Å². The second-order valence-corrected chi connectivity index (χ2v) is 6.48. The number of nitrogens with one attached hydrogen (secondary N) is 1. The third-order valence-electron chi connectivity index (χ3n) is 4.49. The third-order valence-corrected chi connectivity index (χ3v) is 4.49. The van der Waals surface area contributed by atoms with Crippen LogP contribution >= 0.6 is 0 Å². The molecule has 1 aliphatic heterocycles. The van der Waals surface area contributed by atoms with Crippen molar-refractivity contribution < 1.29 is 9.32 Å². The van der Waals surface area contributed by atoms with Crippen LogP contribution in [0, 0.1) is 0 Å². The smallest absolute Gasteiger partial charge is 0.297 e. The summed E-state index contributed by atoms with van der Waals surface area (Å²) in [4.78, 5) is 23.1. The molecule has 3 aromatic rings. The summed E-state index contributed by atoms with van der Waals surface area (Å²) in [6.45, 7) is 1.63. The van der Waals surface area contributed by atoms with E-state index in [1.807, 2.05) is 36.4 Å². The number of piperidine rings is 1. The van der Waals surface area contributed by atoms with Crippen LogP contribution in [-0.4, -0.2) is 40.2 Å². The van der Waals surface area contributed by atoms with Crippen molar-refractivity contribution in [1.82, 2.24) is 15.1 Å². The molecule has 3 heterocycles. The number of hydrogen-bond donors (Lipinski definition) is 2. The molecule has 3 N–H and O–H groups in total. The average Bonchev–Trinajstić information content (AvgIpc) is 3.19. The van der Waals surface area contributed by atoms with Crippen LogP contribution in [0.1, 0.15) is 23.5 Å². The number of benzene rings is 1. The van der Waals surface area contributed by atoms with Crippen molar-refractivity contribution in [2.24, 2.45) is 5.73 Å². The Kier molecular flexibility index (Phi) is 4.80. The van der Waals surface area contributed by atoms with Crippen LogP contribution in [0.25, 0.3) is 11.5 Å². The maximum absolute atomic E-state index is 12.6. The molecule has 0 bridgehead atoms. The Labute approximate surface area is 156 Å². The highest BCUT2D eigenvalue weighted by Gasteiger charge is 2.22. The van der Waals surface area contributed by atoms with Gasteiger partial charge in [0, 0.05) is 30.9 Å². The van der Waals surface area contributed by atoms with Crippen LogP contribution in [0.4, 0.5) is 11.4 Å². The lowest BCUT2D eigenvalue weighted by Gasteiger charge is -2.33. The number of nitrogens with zero attached hydrogens (tertiary/aromatic N) is 4. The number of carbonyl (C=O) groups excluding carboxylic acids is 1. The first-order valence-corrected chi connectivity index (χ1v) is 8.86. The molecule has 8 heteroatoms. The van der Waals surface area contributed by atoms with Crippen molar-refractivity contribution in [2.45, 2.75) is 18.9 Å². The Hall–Kier alpha value is -3.26. The van der Waals surface area contributed by atoms with Gasteiger partial charge in [-0.1, -0.05) is 23.4 Å². The summed E-state index contributed by atoms with van der Waals surface area (Å²) in [6, 6.07) is 11.3. The van der Waals surface area contributed by atoms with E-state index in [9.17, 15) is 4.79 Å². The van der Waals surface area contributed by atoms with Crippen LogP contribution < -0.4 is 16.0 Å². The molecule has 1 saturated heterocycles. The van der Waals surface area contributed by atoms with Crippen LogP contribution in [0.3, 0.4) is 0 Å². The van der Waals surface area contributed by atoms with Gasteiger partial charge in [-0.05, 0) is 31.0 Å². The van der Waals surface area contributed by atoms with Crippen molar-refractivity contribution in [3.63, 3.8) is 0 Å². The number of pyridine rings is 1. The molecule has 0 saturated carbocycles. The van der Waals surface area contributed by atoms with Gasteiger partial charge in [0.1, 0.15) is 0 Å². The topological polar surface area (TPSA) is 110 Å². The van der Waals surface area contributed by atoms with Crippen molar-refractivity contribution in [2.75, 3.05) is 23.3 Å². The number of anilines is 2. The van der Waals surface area contributed by atoms with E-state index in [0.717, 1.165) is 37.2 Å². The molecular formula is C19H20N6O2. The number of carbonyl (C=O) groups is 1. The molecule has 0 radical (unpaired) electrons. The molecule has 0 aliphatic carbocycles. The fraction of sp³-hybridized carbons (Fsp3) is 0.263. The number of nitrogens with two attached hydrogens (primary N) is 1. The molecule has 1 aromatic carbocycles. The maximum atomic E-state index is 12.6. The van der Waals surface area contributed by atoms with E-state index in [-0.39, 0.29) is 11.9 Å². The second-order valence-electron chi connectivity index (χ2n) is 6.48. The van der Waals surface area contributed by atoms with Gasteiger partial charge in [0.15, 0.2) is 0 Å². The predicted molar refractivity (Wildman–Crippen MR) is 101 cm³/mol. The molecule has 1 amide bonds. The zero-order valence-electron chi connectivity index (χ0n) is 14.7. The second kappa shape index (κ2) is 7.55. The Morgan fingerprint density at radius 2 is 2.11 bits per heavy atom. The monoisotopic (exact) mass is 364 g/mol. The summed E-state index contributed by atoms with van der Waals surface area (Å²) < 4.78 is 5.21. The van der Waals surface area contributed by atoms with E-state index in [4.69, 9.17) is 10.3 Å². The molecule has 1 fully saturated rings. The quantitative estimate of drug-likeness (QED) is 0.731. The van der Waals surface area contributed by atoms with Crippen LogP contribution in [0.5, 0.6) is 0 Å². The molecule has 0 unspecified atom stereocenters. The number of amides is 1. The first-order chi connectivity index (χ1) is 13.2. The largest absolute Gasteiger partial charge is 0.368 e. The molecule has 4 rings (SSSR count). The minimum absolute atomic E-state index is 0.0287. The standard InChI is InChI=1S/C19H20N6O2/c20-14-7-4-10-25(12-14)16-8-9-21-11-15(16)22-18(26)17-23-19(27-24-17)13-5-2-1-3-6-13/h1-3,5-6,8-9,11,14H,4,7,10,12,20H2,(H,22,26)/t14-/m0/s1. The summed E-state index contributed by atoms with van der Waals surface area (Å²) in [5.41, 5.74) is 8.33. The minimum Gasteiger partial charge on any atom is -0.368 e. The van der Waals surface area contributed by atoms with Crippen LogP contribution in [0.15, 0.2) is 53.3 Å². The van der Waals surface area contributed by atoms with E-state index in [2.05, 4.69) is 25.3 Å². The average molecular weight is 364 g/mol. The van der Waals surface area contributed by atoms with E-state index >= 15 is 0 Å². The SMILES string of the molecule is N[C@H]1CCCN(c2ccncc2NC(=O)c2noc(-c3ccccc3)n2)C1. The molecular weight excluding hydrogens is 344 g/mol. The van der Waals surface area contributed by atoms with E-state index in [1.54, 1.807) is 12.4 Å². The minimum atomic E-state index is -0.448. The number of hydrogen-bond acceptors (Lipinski definition) is 7. The molecule has 27 heavy (non-hydrogen) atoms. The predicted octanol–water partition coefficient (Wildman–Crippen LogP) is 2.31. The van der Waals surface area contributed by atoms with Gasteiger partial charge >= 0.3 is 0 Å². The molecule has 1 aliphatic rings. The summed E-state index contributed by atoms with van der Waals surface area (Å²) in [7, 11) is 0. The Morgan fingerprint density at radius 3 is 2.93 bits per heavy atom. The van der Waals surface area contributed by atoms with Crippen LogP contribution in [-0.2, 0) is 0 Å². The fourth-order valence-corrected chi connectivity index (χ4v) is 3.18. The molecule has 1 atom stereocenters. The fourth-order valence-electron chi connectivity index (χ4n) is 3.18. The molecule has 138 valence electrons. The lowest BCUT2D eigenvalue weighted by Crippen LogP contribution is -2.43. The molecule has 8 nitrogen and oxygen atoms in total. The van der Waals surface area contributed by atoms with Crippen molar-refractivity contribution in [3.8, 4) is 11.5 Å². The molecule has 0 spiro atoms. The Balaban J connectivity index is 1.53. The zero-order valence-corrected chi connectivity index (χ0v) is 14.7. The highest BCUT2D eigenvalue weighted by molar-refractivity contribution is 6.03. The van der Waals surface area contributed by atoms with Gasteiger partial charge in [0.2, 0.25) is 0 Å². The van der Waals surface area contributed by atoms with Gasteiger partial charge < -0.3 is 20.5 Å². The van der Waals surface area contributed by atoms with E-state index < -0.39 is 5.91 Å². The number of aromatic nitrogens is 3. The van der Waals surface area contributed by atoms with Gasteiger partial charge in [-0.15, -0.1) is 0 Å². The number of rotatable bonds is 4. The van der Waals surface area contributed by atoms with E-state index in [0.29, 0.717) is 11.6 Å². The van der Waals surface area contributed by atoms with Gasteiger partial charge in [-0.3, -0.25) is 9.78 Å². The summed E-state index contributed by atoms with van der Waals surface area (Å²) in [5, 5.41) is 6.63. The van der Waals surface area contributed by atoms with Crippen molar-refractivity contribution in [1.29, 1.82) is 0 Å².